The van der Waals surface area contributed by atoms with Gasteiger partial charge in [0.25, 0.3) is 11.8 Å². The second kappa shape index (κ2) is 8.48. The van der Waals surface area contributed by atoms with Crippen LogP contribution in [0.15, 0.2) is 83.6 Å². The van der Waals surface area contributed by atoms with Crippen molar-refractivity contribution >= 4 is 28.7 Å². The van der Waals surface area contributed by atoms with E-state index in [0.29, 0.717) is 12.1 Å². The molecule has 4 rings (SSSR count). The maximum atomic E-state index is 12.6. The number of hydrogen-bond donors (Lipinski definition) is 1. The molecule has 0 unspecified atom stereocenters. The molecule has 0 bridgehead atoms. The highest BCUT2D eigenvalue weighted by Gasteiger charge is 2.19. The van der Waals surface area contributed by atoms with E-state index in [1.54, 1.807) is 6.20 Å². The van der Waals surface area contributed by atoms with Crippen LogP contribution in [0.4, 0.5) is 0 Å². The lowest BCUT2D eigenvalue weighted by Gasteiger charge is -2.05. The van der Waals surface area contributed by atoms with E-state index in [2.05, 4.69) is 5.32 Å². The van der Waals surface area contributed by atoms with Gasteiger partial charge >= 0.3 is 5.97 Å². The third kappa shape index (κ3) is 4.15. The summed E-state index contributed by atoms with van der Waals surface area (Å²) >= 11 is 0. The van der Waals surface area contributed by atoms with E-state index in [1.807, 2.05) is 59.2 Å². The zero-order chi connectivity index (χ0) is 20.9. The van der Waals surface area contributed by atoms with Gasteiger partial charge in [0, 0.05) is 23.6 Å². The lowest BCUT2D eigenvalue weighted by Crippen LogP contribution is -2.33. The summed E-state index contributed by atoms with van der Waals surface area (Å²) in [6.07, 6.45) is 3.04. The number of imide groups is 1. The van der Waals surface area contributed by atoms with E-state index in [4.69, 9.17) is 9.15 Å². The average Bonchev–Trinajstić information content (AvgIpc) is 3.42. The molecule has 1 N–H and O–H groups in total. The molecule has 0 aliphatic heterocycles. The summed E-state index contributed by atoms with van der Waals surface area (Å²) in [6, 6.07) is 20.3. The van der Waals surface area contributed by atoms with Gasteiger partial charge in [0.15, 0.2) is 12.4 Å². The van der Waals surface area contributed by atoms with Crippen LogP contribution in [0.3, 0.4) is 0 Å². The zero-order valence-corrected chi connectivity index (χ0v) is 15.9. The summed E-state index contributed by atoms with van der Waals surface area (Å²) in [6.45, 7) is 0.0102. The first-order valence-corrected chi connectivity index (χ1v) is 9.28. The Morgan fingerprint density at radius 2 is 1.70 bits per heavy atom. The van der Waals surface area contributed by atoms with Crippen molar-refractivity contribution in [1.29, 1.82) is 0 Å². The van der Waals surface area contributed by atoms with Crippen LogP contribution in [0.1, 0.15) is 26.5 Å². The molecule has 0 radical (unpaired) electrons. The van der Waals surface area contributed by atoms with Crippen LogP contribution in [0.5, 0.6) is 0 Å². The van der Waals surface area contributed by atoms with Gasteiger partial charge in [-0.25, -0.2) is 4.79 Å². The summed E-state index contributed by atoms with van der Waals surface area (Å²) in [7, 11) is 0. The van der Waals surface area contributed by atoms with E-state index < -0.39 is 24.4 Å². The van der Waals surface area contributed by atoms with Crippen molar-refractivity contribution in [3.63, 3.8) is 0 Å². The molecule has 0 spiro atoms. The van der Waals surface area contributed by atoms with Crippen molar-refractivity contribution in [2.45, 2.75) is 6.54 Å². The third-order valence-corrected chi connectivity index (χ3v) is 4.54. The maximum absolute atomic E-state index is 12.6. The van der Waals surface area contributed by atoms with Gasteiger partial charge in [-0.15, -0.1) is 0 Å². The van der Waals surface area contributed by atoms with Crippen LogP contribution in [-0.4, -0.2) is 29.0 Å². The largest absolute Gasteiger partial charge is 0.459 e. The number of furan rings is 1. The van der Waals surface area contributed by atoms with Crippen molar-refractivity contribution in [3.05, 3.63) is 96.1 Å². The van der Waals surface area contributed by atoms with Gasteiger partial charge < -0.3 is 13.7 Å². The number of fused-ring (bicyclic) bond motifs is 1. The molecule has 0 saturated carbocycles. The second-order valence-electron chi connectivity index (χ2n) is 6.60. The molecule has 2 heterocycles. The van der Waals surface area contributed by atoms with Gasteiger partial charge in [-0.1, -0.05) is 48.5 Å². The number of rotatable bonds is 6. The predicted octanol–water partition coefficient (Wildman–Crippen LogP) is 3.40. The molecule has 7 heteroatoms. The van der Waals surface area contributed by atoms with Crippen molar-refractivity contribution in [3.8, 4) is 0 Å². The van der Waals surface area contributed by atoms with Crippen molar-refractivity contribution in [2.24, 2.45) is 0 Å². The molecule has 2 aromatic carbocycles. The molecular formula is C23H18N2O5. The lowest BCUT2D eigenvalue weighted by molar-refractivity contribution is -0.123. The molecule has 4 aromatic rings. The molecule has 0 aliphatic rings. The summed E-state index contributed by atoms with van der Waals surface area (Å²) in [5.74, 6) is -2.07. The fraction of sp³-hybridized carbons (Fsp3) is 0.0870. The van der Waals surface area contributed by atoms with Crippen LogP contribution in [0.25, 0.3) is 10.9 Å². The van der Waals surface area contributed by atoms with Crippen LogP contribution < -0.4 is 5.32 Å². The number of nitrogens with zero attached hydrogens (tertiary/aromatic N) is 1. The smallest absolute Gasteiger partial charge is 0.340 e. The number of ether oxygens (including phenoxy) is 1. The normalized spacial score (nSPS) is 10.7. The van der Waals surface area contributed by atoms with Gasteiger partial charge in [-0.2, -0.15) is 0 Å². The summed E-state index contributed by atoms with van der Waals surface area (Å²) in [5.41, 5.74) is 2.33. The van der Waals surface area contributed by atoms with Crippen LogP contribution in [-0.2, 0) is 16.1 Å². The molecule has 30 heavy (non-hydrogen) atoms. The SMILES string of the molecule is O=C(COC(=O)c1cn(Cc2ccccc2)c2ccccc12)NC(=O)c1ccco1. The fourth-order valence-electron chi connectivity index (χ4n) is 3.16. The Kier molecular flexibility index (Phi) is 5.43. The minimum Gasteiger partial charge on any atom is -0.459 e. The first-order valence-electron chi connectivity index (χ1n) is 9.28. The van der Waals surface area contributed by atoms with E-state index in [1.165, 1.54) is 18.4 Å². The molecule has 0 fully saturated rings. The standard InChI is InChI=1S/C23H18N2O5/c26-21(24-22(27)20-11-6-12-29-20)15-30-23(28)18-14-25(13-16-7-2-1-3-8-16)19-10-5-4-9-17(18)19/h1-12,14H,13,15H2,(H,24,26,27). The highest BCUT2D eigenvalue weighted by atomic mass is 16.5. The number of aromatic nitrogens is 1. The molecule has 2 amide bonds. The molecule has 2 aromatic heterocycles. The molecule has 0 atom stereocenters. The van der Waals surface area contributed by atoms with Gasteiger partial charge in [-0.05, 0) is 23.8 Å². The van der Waals surface area contributed by atoms with Gasteiger partial charge in [0.1, 0.15) is 0 Å². The number of nitrogens with one attached hydrogen (secondary N) is 1. The predicted molar refractivity (Wildman–Crippen MR) is 109 cm³/mol. The molecule has 0 aliphatic carbocycles. The minimum atomic E-state index is -0.738. The first-order chi connectivity index (χ1) is 14.6. The zero-order valence-electron chi connectivity index (χ0n) is 15.9. The van der Waals surface area contributed by atoms with Crippen LogP contribution in [0, 0.1) is 0 Å². The highest BCUT2D eigenvalue weighted by Crippen LogP contribution is 2.23. The van der Waals surface area contributed by atoms with Crippen molar-refractivity contribution in [2.75, 3.05) is 6.61 Å². The number of benzene rings is 2. The Labute approximate surface area is 171 Å². The number of hydrogen-bond acceptors (Lipinski definition) is 5. The van der Waals surface area contributed by atoms with E-state index in [9.17, 15) is 14.4 Å². The Morgan fingerprint density at radius 3 is 2.47 bits per heavy atom. The lowest BCUT2D eigenvalue weighted by atomic mass is 10.2. The summed E-state index contributed by atoms with van der Waals surface area (Å²) in [4.78, 5) is 36.4. The van der Waals surface area contributed by atoms with Gasteiger partial charge in [0.2, 0.25) is 0 Å². The Balaban J connectivity index is 1.46. The Hall–Kier alpha value is -4.13. The first kappa shape index (κ1) is 19.2. The van der Waals surface area contributed by atoms with Gasteiger partial charge in [0.05, 0.1) is 11.8 Å². The monoisotopic (exact) mass is 402 g/mol. The van der Waals surface area contributed by atoms with Crippen LogP contribution >= 0.6 is 0 Å². The highest BCUT2D eigenvalue weighted by molar-refractivity contribution is 6.06. The summed E-state index contributed by atoms with van der Waals surface area (Å²) < 4.78 is 12.0. The number of para-hydroxylation sites is 1. The van der Waals surface area contributed by atoms with Crippen molar-refractivity contribution < 1.29 is 23.5 Å². The Bertz CT molecular complexity index is 1190. The molecule has 0 saturated heterocycles. The summed E-state index contributed by atoms with van der Waals surface area (Å²) in [5, 5.41) is 2.84. The van der Waals surface area contributed by atoms with Crippen molar-refractivity contribution in [1.82, 2.24) is 9.88 Å². The number of carbonyl (C=O) groups is 3. The number of amides is 2. The number of carbonyl (C=O) groups excluding carboxylic acids is 3. The quantitative estimate of drug-likeness (QED) is 0.499. The second-order valence-corrected chi connectivity index (χ2v) is 6.60. The molecule has 7 nitrogen and oxygen atoms in total. The van der Waals surface area contributed by atoms with E-state index in [-0.39, 0.29) is 5.76 Å². The Morgan fingerprint density at radius 1 is 0.933 bits per heavy atom. The van der Waals surface area contributed by atoms with E-state index >= 15 is 0 Å². The number of esters is 1. The average molecular weight is 402 g/mol. The molecular weight excluding hydrogens is 384 g/mol. The topological polar surface area (TPSA) is 90.5 Å². The minimum absolute atomic E-state index is 0.00124. The van der Waals surface area contributed by atoms with Crippen LogP contribution in [0.2, 0.25) is 0 Å². The molecule has 150 valence electrons. The third-order valence-electron chi connectivity index (χ3n) is 4.54. The fourth-order valence-corrected chi connectivity index (χ4v) is 3.16. The maximum Gasteiger partial charge on any atom is 0.340 e. The van der Waals surface area contributed by atoms with Gasteiger partial charge in [-0.3, -0.25) is 14.9 Å². The van der Waals surface area contributed by atoms with E-state index in [0.717, 1.165) is 16.5 Å².